The zero-order valence-corrected chi connectivity index (χ0v) is 32.6. The van der Waals surface area contributed by atoms with Gasteiger partial charge in [-0.2, -0.15) is 0 Å². The van der Waals surface area contributed by atoms with Crippen LogP contribution in [0.2, 0.25) is 0 Å². The first kappa shape index (κ1) is 38.0. The number of hydrogen-bond acceptors (Lipinski definition) is 4. The van der Waals surface area contributed by atoms with Crippen LogP contribution in [0.15, 0.2) is 54.6 Å². The summed E-state index contributed by atoms with van der Waals surface area (Å²) in [7, 11) is -1.61. The molecule has 4 saturated carbocycles. The molecule has 6 rings (SSSR count). The second-order valence-corrected chi connectivity index (χ2v) is 18.4. The number of rotatable bonds is 12. The number of hydrogen-bond donors (Lipinski definition) is 0. The largest absolute Gasteiger partial charge is 0.619 e. The van der Waals surface area contributed by atoms with E-state index in [2.05, 4.69) is 32.4 Å². The standard InChI is InChI=1S/C46H61O4P/c1-33(40-24-25-41-39-23-22-38-21-10-11-27-45(38,3)42(39)26-28-46(40,41)4)16-15-31-51(49)30-13-6-5-12-29-50-44(48)34(2)36-19-14-20-37(32-36)43(47)35-17-8-7-9-18-35/h7-9,14,17-20,30,32-34,38-42H,5-6,10-13,16,21-29H2,1-4H3/t33-,34?,38?,39+,40-,41+,42+,45+,46-/m1/s1. The van der Waals surface area contributed by atoms with E-state index in [4.69, 9.17) is 4.74 Å². The molecule has 2 aromatic carbocycles. The third-order valence-corrected chi connectivity index (χ3v) is 15.4. The Kier molecular flexibility index (Phi) is 12.6. The quantitative estimate of drug-likeness (QED) is 0.0724. The minimum atomic E-state index is -1.61. The summed E-state index contributed by atoms with van der Waals surface area (Å²) in [6.07, 6.45) is 18.6. The molecule has 0 bridgehead atoms. The Hall–Kier alpha value is -2.73. The summed E-state index contributed by atoms with van der Waals surface area (Å²) in [5, 5.41) is 0. The maximum Gasteiger partial charge on any atom is 0.313 e. The molecular weight excluding hydrogens is 647 g/mol. The molecule has 4 aliphatic carbocycles. The van der Waals surface area contributed by atoms with Crippen LogP contribution in [-0.4, -0.2) is 24.2 Å². The molecule has 4 nitrogen and oxygen atoms in total. The van der Waals surface area contributed by atoms with E-state index in [1.165, 1.54) is 64.2 Å². The Balaban J connectivity index is 0.889. The summed E-state index contributed by atoms with van der Waals surface area (Å²) in [5.41, 5.74) is 6.10. The molecule has 0 heterocycles. The van der Waals surface area contributed by atoms with E-state index < -0.39 is 13.7 Å². The van der Waals surface area contributed by atoms with E-state index in [9.17, 15) is 14.5 Å². The Morgan fingerprint density at radius 2 is 1.67 bits per heavy atom. The van der Waals surface area contributed by atoms with E-state index in [0.29, 0.717) is 34.5 Å². The maximum absolute atomic E-state index is 12.8. The van der Waals surface area contributed by atoms with Crippen LogP contribution in [-0.2, 0) is 9.53 Å². The van der Waals surface area contributed by atoms with Gasteiger partial charge in [-0.3, -0.25) is 9.59 Å². The van der Waals surface area contributed by atoms with Gasteiger partial charge in [-0.05, 0) is 136 Å². The average molecular weight is 709 g/mol. The fraction of sp³-hybridized carbons (Fsp3) is 0.630. The van der Waals surface area contributed by atoms with Crippen LogP contribution < -0.4 is 4.89 Å². The fourth-order valence-electron chi connectivity index (χ4n) is 11.5. The minimum absolute atomic E-state index is 0.0591. The molecule has 10 atom stereocenters. The molecule has 0 amide bonds. The second-order valence-electron chi connectivity index (χ2n) is 17.2. The molecule has 274 valence electrons. The Bertz CT molecular complexity index is 1600. The normalized spacial score (nSPS) is 31.2. The molecule has 5 heteroatoms. The first-order valence-corrected chi connectivity index (χ1v) is 21.6. The monoisotopic (exact) mass is 708 g/mol. The highest BCUT2D eigenvalue weighted by Gasteiger charge is 2.60. The van der Waals surface area contributed by atoms with Crippen LogP contribution in [0.25, 0.3) is 0 Å². The van der Waals surface area contributed by atoms with E-state index in [-0.39, 0.29) is 11.8 Å². The predicted octanol–water partition coefficient (Wildman–Crippen LogP) is 10.7. The van der Waals surface area contributed by atoms with Crippen LogP contribution in [0.5, 0.6) is 0 Å². The Labute approximate surface area is 309 Å². The summed E-state index contributed by atoms with van der Waals surface area (Å²) >= 11 is 0. The van der Waals surface area contributed by atoms with E-state index in [0.717, 1.165) is 67.3 Å². The lowest BCUT2D eigenvalue weighted by molar-refractivity contribution is -0.149. The van der Waals surface area contributed by atoms with Gasteiger partial charge in [-0.1, -0.05) is 88.1 Å². The molecule has 0 aliphatic heterocycles. The highest BCUT2D eigenvalue weighted by atomic mass is 31.1. The van der Waals surface area contributed by atoms with Crippen molar-refractivity contribution in [3.8, 4) is 11.6 Å². The molecule has 0 saturated heterocycles. The van der Waals surface area contributed by atoms with Crippen molar-refractivity contribution in [2.75, 3.05) is 6.61 Å². The second kappa shape index (κ2) is 16.9. The van der Waals surface area contributed by atoms with Crippen LogP contribution >= 0.6 is 7.77 Å². The van der Waals surface area contributed by atoms with Gasteiger partial charge in [0.2, 0.25) is 0 Å². The lowest BCUT2D eigenvalue weighted by Gasteiger charge is -2.60. The van der Waals surface area contributed by atoms with Gasteiger partial charge in [0.1, 0.15) is 13.4 Å². The number of carbonyl (C=O) groups is 2. The predicted molar refractivity (Wildman–Crippen MR) is 209 cm³/mol. The van der Waals surface area contributed by atoms with Crippen molar-refractivity contribution in [1.82, 2.24) is 0 Å². The van der Waals surface area contributed by atoms with Gasteiger partial charge in [-0.15, -0.1) is 0 Å². The molecule has 0 spiro atoms. The molecular formula is C46H61O4P. The van der Waals surface area contributed by atoms with Crippen molar-refractivity contribution >= 4 is 25.3 Å². The summed E-state index contributed by atoms with van der Waals surface area (Å²) in [6, 6.07) is 16.4. The van der Waals surface area contributed by atoms with Gasteiger partial charge in [0.25, 0.3) is 0 Å². The van der Waals surface area contributed by atoms with Crippen molar-refractivity contribution in [2.45, 2.75) is 130 Å². The number of benzene rings is 2. The molecule has 0 aromatic heterocycles. The SMILES string of the molecule is CC(C(=O)OCCCCCC=[P+]([O-])C#CC[C@@H](C)[C@H]1CC[C@H]2[C@@H]3CCC4CCCC[C@]4(C)[C@H]3CC[C@]12C)c1cccc(C(=O)c2ccccc2)c1. The van der Waals surface area contributed by atoms with Gasteiger partial charge in [0, 0.05) is 24.0 Å². The third-order valence-electron chi connectivity index (χ3n) is 14.4. The summed E-state index contributed by atoms with van der Waals surface area (Å²) in [4.78, 5) is 38.3. The summed E-state index contributed by atoms with van der Waals surface area (Å²) in [5.74, 6) is 9.49. The average Bonchev–Trinajstić information content (AvgIpc) is 3.51. The van der Waals surface area contributed by atoms with Gasteiger partial charge in [0.15, 0.2) is 5.78 Å². The zero-order valence-electron chi connectivity index (χ0n) is 31.7. The number of ketones is 1. The van der Waals surface area contributed by atoms with Gasteiger partial charge < -0.3 is 9.63 Å². The molecule has 3 unspecified atom stereocenters. The Morgan fingerprint density at radius 3 is 2.49 bits per heavy atom. The summed E-state index contributed by atoms with van der Waals surface area (Å²) in [6.45, 7) is 9.90. The minimum Gasteiger partial charge on any atom is -0.619 e. The lowest BCUT2D eigenvalue weighted by Crippen LogP contribution is -2.53. The number of esters is 1. The Morgan fingerprint density at radius 1 is 0.882 bits per heavy atom. The summed E-state index contributed by atoms with van der Waals surface area (Å²) < 4.78 is 5.57. The molecule has 2 aromatic rings. The molecule has 0 N–H and O–H groups in total. The first-order chi connectivity index (χ1) is 24.6. The van der Waals surface area contributed by atoms with E-state index >= 15 is 0 Å². The third kappa shape index (κ3) is 8.42. The van der Waals surface area contributed by atoms with Crippen LogP contribution in [0.3, 0.4) is 0 Å². The zero-order chi connectivity index (χ0) is 36.0. The van der Waals surface area contributed by atoms with Crippen molar-refractivity contribution < 1.29 is 19.2 Å². The molecule has 0 radical (unpaired) electrons. The van der Waals surface area contributed by atoms with Crippen LogP contribution in [0, 0.1) is 57.9 Å². The lowest BCUT2D eigenvalue weighted by atomic mass is 9.44. The van der Waals surface area contributed by atoms with Gasteiger partial charge in [0.05, 0.1) is 18.3 Å². The topological polar surface area (TPSA) is 66.4 Å². The number of fused-ring (bicyclic) bond motifs is 5. The van der Waals surface area contributed by atoms with E-state index in [1.54, 1.807) is 24.3 Å². The molecule has 4 aliphatic rings. The highest BCUT2D eigenvalue weighted by molar-refractivity contribution is 7.55. The highest BCUT2D eigenvalue weighted by Crippen LogP contribution is 2.68. The molecule has 4 fully saturated rings. The smallest absolute Gasteiger partial charge is 0.313 e. The maximum atomic E-state index is 12.8. The number of unbranched alkanes of at least 4 members (excludes halogenated alkanes) is 3. The van der Waals surface area contributed by atoms with Crippen molar-refractivity contribution in [2.24, 2.45) is 46.3 Å². The number of ether oxygens (including phenoxy) is 1. The number of carbonyl (C=O) groups excluding carboxylic acids is 2. The first-order valence-electron chi connectivity index (χ1n) is 20.3. The van der Waals surface area contributed by atoms with Crippen LogP contribution in [0.1, 0.15) is 151 Å². The van der Waals surface area contributed by atoms with Crippen molar-refractivity contribution in [1.29, 1.82) is 0 Å². The van der Waals surface area contributed by atoms with Crippen molar-refractivity contribution in [3.63, 3.8) is 0 Å². The van der Waals surface area contributed by atoms with Crippen LogP contribution in [0.4, 0.5) is 0 Å². The molecule has 51 heavy (non-hydrogen) atoms. The fourth-order valence-corrected chi connectivity index (χ4v) is 12.3. The van der Waals surface area contributed by atoms with Gasteiger partial charge >= 0.3 is 5.97 Å². The van der Waals surface area contributed by atoms with Crippen molar-refractivity contribution in [3.05, 3.63) is 71.3 Å². The van der Waals surface area contributed by atoms with E-state index in [1.807, 2.05) is 43.1 Å². The van der Waals surface area contributed by atoms with Gasteiger partial charge in [-0.25, -0.2) is 0 Å².